The van der Waals surface area contributed by atoms with E-state index in [0.29, 0.717) is 18.2 Å². The number of azo groups is 1. The molecule has 0 saturated carbocycles. The molecule has 35 heavy (non-hydrogen) atoms. The number of nitro benzene ring substituents is 2. The first kappa shape index (κ1) is 25.2. The molecule has 0 heterocycles. The van der Waals surface area contributed by atoms with Crippen molar-refractivity contribution in [2.75, 3.05) is 5.73 Å². The predicted molar refractivity (Wildman–Crippen MR) is 115 cm³/mol. The highest BCUT2D eigenvalue weighted by Gasteiger charge is 2.27. The van der Waals surface area contributed by atoms with Crippen LogP contribution in [0.1, 0.15) is 0 Å². The van der Waals surface area contributed by atoms with Crippen LogP contribution in [0.4, 0.5) is 28.4 Å². The van der Waals surface area contributed by atoms with Crippen LogP contribution in [0.25, 0.3) is 10.8 Å². The fraction of sp³-hybridized carbons (Fsp3) is 0. The highest BCUT2D eigenvalue weighted by atomic mass is 32.2. The highest BCUT2D eigenvalue weighted by Crippen LogP contribution is 2.46. The number of rotatable bonds is 6. The van der Waals surface area contributed by atoms with Crippen molar-refractivity contribution in [1.82, 2.24) is 0 Å². The van der Waals surface area contributed by atoms with Gasteiger partial charge in [0.1, 0.15) is 16.3 Å². The number of fused-ring (bicyclic) bond motifs is 1. The van der Waals surface area contributed by atoms with Gasteiger partial charge in [0.2, 0.25) is 5.75 Å². The molecular weight excluding hydrogens is 518 g/mol. The van der Waals surface area contributed by atoms with E-state index in [-0.39, 0.29) is 5.39 Å². The topological polar surface area (TPSA) is 286 Å². The molecule has 0 unspecified atom stereocenters. The lowest BCUT2D eigenvalue weighted by molar-refractivity contribution is -0.394. The molecule has 184 valence electrons. The standard InChI is InChI=1S/C16H11N5O12S2/c17-9-5-8(34(28,29)30)1-6-2-12(35(31,32)33)14(16(23)13(6)9)19-18-10-3-7(20(24)25)4-11(15(10)22)21(26)27/h1-5,22-23H,17H2,(H,28,29,30)(H,31,32,33). The highest BCUT2D eigenvalue weighted by molar-refractivity contribution is 7.86. The molecule has 17 nitrogen and oxygen atoms in total. The molecule has 0 aromatic heterocycles. The maximum Gasteiger partial charge on any atom is 0.319 e. The molecule has 0 radical (unpaired) electrons. The maximum atomic E-state index is 11.9. The summed E-state index contributed by atoms with van der Waals surface area (Å²) in [6, 6.07) is 3.07. The smallest absolute Gasteiger partial charge is 0.319 e. The Morgan fingerprint density at radius 2 is 1.46 bits per heavy atom. The molecule has 0 fully saturated rings. The fourth-order valence-electron chi connectivity index (χ4n) is 2.95. The first-order chi connectivity index (χ1) is 16.0. The summed E-state index contributed by atoms with van der Waals surface area (Å²) >= 11 is 0. The second-order valence-electron chi connectivity index (χ2n) is 6.68. The second kappa shape index (κ2) is 8.39. The lowest BCUT2D eigenvalue weighted by Gasteiger charge is -2.12. The molecule has 0 aliphatic rings. The van der Waals surface area contributed by atoms with Crippen molar-refractivity contribution < 1.29 is 46.0 Å². The van der Waals surface area contributed by atoms with Gasteiger partial charge in [-0.25, -0.2) is 0 Å². The summed E-state index contributed by atoms with van der Waals surface area (Å²) < 4.78 is 65.4. The number of hydrogen-bond donors (Lipinski definition) is 5. The van der Waals surface area contributed by atoms with Gasteiger partial charge in [-0.05, 0) is 23.6 Å². The molecule has 0 bridgehead atoms. The van der Waals surface area contributed by atoms with Crippen LogP contribution in [0, 0.1) is 20.2 Å². The van der Waals surface area contributed by atoms with E-state index in [1.807, 2.05) is 0 Å². The van der Waals surface area contributed by atoms with Crippen molar-refractivity contribution in [2.45, 2.75) is 9.79 Å². The Balaban J connectivity index is 2.36. The molecular formula is C16H11N5O12S2. The van der Waals surface area contributed by atoms with E-state index >= 15 is 0 Å². The number of nitro groups is 2. The monoisotopic (exact) mass is 529 g/mol. The number of aromatic hydroxyl groups is 2. The summed E-state index contributed by atoms with van der Waals surface area (Å²) in [5.41, 5.74) is 1.32. The number of benzene rings is 3. The molecule has 3 rings (SSSR count). The average molecular weight is 529 g/mol. The molecule has 0 atom stereocenters. The number of anilines is 1. The zero-order valence-electron chi connectivity index (χ0n) is 16.6. The molecule has 0 amide bonds. The minimum absolute atomic E-state index is 0.379. The summed E-state index contributed by atoms with van der Waals surface area (Å²) in [5.74, 6) is -2.26. The third-order valence-corrected chi connectivity index (χ3v) is 6.15. The molecule has 19 heteroatoms. The minimum atomic E-state index is -5.21. The van der Waals surface area contributed by atoms with E-state index in [9.17, 15) is 56.4 Å². The largest absolute Gasteiger partial charge is 0.505 e. The van der Waals surface area contributed by atoms with E-state index < -0.39 is 85.2 Å². The minimum Gasteiger partial charge on any atom is -0.505 e. The van der Waals surface area contributed by atoms with Gasteiger partial charge in [0.05, 0.1) is 20.8 Å². The first-order valence-corrected chi connectivity index (χ1v) is 11.5. The molecule has 0 aliphatic carbocycles. The van der Waals surface area contributed by atoms with Gasteiger partial charge in [-0.15, -0.1) is 10.2 Å². The van der Waals surface area contributed by atoms with E-state index in [1.165, 1.54) is 0 Å². The number of phenols is 2. The molecule has 6 N–H and O–H groups in total. The van der Waals surface area contributed by atoms with Crippen LogP contribution in [0.5, 0.6) is 11.5 Å². The van der Waals surface area contributed by atoms with Gasteiger partial charge in [-0.3, -0.25) is 29.3 Å². The van der Waals surface area contributed by atoms with Crippen LogP contribution >= 0.6 is 0 Å². The zero-order valence-corrected chi connectivity index (χ0v) is 18.3. The maximum absolute atomic E-state index is 11.9. The molecule has 3 aromatic carbocycles. The van der Waals surface area contributed by atoms with Crippen molar-refractivity contribution in [1.29, 1.82) is 0 Å². The van der Waals surface area contributed by atoms with Crippen molar-refractivity contribution in [3.8, 4) is 11.5 Å². The Kier molecular flexibility index (Phi) is 6.04. The molecule has 0 saturated heterocycles. The number of nitrogens with two attached hydrogens (primary N) is 1. The Morgan fingerprint density at radius 1 is 0.829 bits per heavy atom. The normalized spacial score (nSPS) is 12.3. The SMILES string of the molecule is Nc1cc(S(=O)(=O)O)cc2cc(S(=O)(=O)O)c(N=Nc3cc([N+](=O)[O-])cc([N+](=O)[O-])c3O)c(O)c12. The van der Waals surface area contributed by atoms with Gasteiger partial charge < -0.3 is 15.9 Å². The van der Waals surface area contributed by atoms with E-state index in [4.69, 9.17) is 5.73 Å². The van der Waals surface area contributed by atoms with Gasteiger partial charge in [0.25, 0.3) is 25.9 Å². The number of nitrogens with zero attached hydrogens (tertiary/aromatic N) is 4. The number of phenolic OH excluding ortho intramolecular Hbond substituents is 2. The van der Waals surface area contributed by atoms with E-state index in [0.717, 1.165) is 12.1 Å². The second-order valence-corrected chi connectivity index (χ2v) is 9.49. The third-order valence-electron chi connectivity index (χ3n) is 4.45. The van der Waals surface area contributed by atoms with E-state index in [2.05, 4.69) is 10.2 Å². The lowest BCUT2D eigenvalue weighted by Crippen LogP contribution is -2.02. The van der Waals surface area contributed by atoms with Crippen LogP contribution in [0.3, 0.4) is 0 Å². The van der Waals surface area contributed by atoms with Crippen molar-refractivity contribution in [2.24, 2.45) is 10.2 Å². The van der Waals surface area contributed by atoms with Crippen molar-refractivity contribution in [3.63, 3.8) is 0 Å². The van der Waals surface area contributed by atoms with Crippen LogP contribution in [0.15, 0.2) is 50.4 Å². The summed E-state index contributed by atoms with van der Waals surface area (Å²) in [6.45, 7) is 0. The predicted octanol–water partition coefficient (Wildman–Crippen LogP) is 2.56. The van der Waals surface area contributed by atoms with Gasteiger partial charge in [-0.1, -0.05) is 0 Å². The Morgan fingerprint density at radius 3 is 1.97 bits per heavy atom. The van der Waals surface area contributed by atoms with Crippen LogP contribution in [0.2, 0.25) is 0 Å². The Hall–Kier alpha value is -4.46. The average Bonchev–Trinajstić information content (AvgIpc) is 2.71. The third kappa shape index (κ3) is 4.77. The molecule has 0 spiro atoms. The Labute approximate surface area is 193 Å². The van der Waals surface area contributed by atoms with Crippen molar-refractivity contribution >= 4 is 59.4 Å². The van der Waals surface area contributed by atoms with Crippen LogP contribution < -0.4 is 5.73 Å². The quantitative estimate of drug-likeness (QED) is 0.101. The summed E-state index contributed by atoms with van der Waals surface area (Å²) in [7, 11) is -10.0. The summed E-state index contributed by atoms with van der Waals surface area (Å²) in [5, 5.41) is 48.7. The number of non-ortho nitro benzene ring substituents is 1. The van der Waals surface area contributed by atoms with Crippen LogP contribution in [-0.2, 0) is 20.2 Å². The summed E-state index contributed by atoms with van der Waals surface area (Å²) in [6.07, 6.45) is 0. The van der Waals surface area contributed by atoms with Gasteiger partial charge in [0.15, 0.2) is 5.75 Å². The number of nitrogen functional groups attached to an aromatic ring is 1. The zero-order chi connectivity index (χ0) is 26.5. The van der Waals surface area contributed by atoms with Gasteiger partial charge in [0, 0.05) is 17.1 Å². The molecule has 3 aromatic rings. The van der Waals surface area contributed by atoms with Gasteiger partial charge >= 0.3 is 5.69 Å². The van der Waals surface area contributed by atoms with Gasteiger partial charge in [-0.2, -0.15) is 16.8 Å². The van der Waals surface area contributed by atoms with Crippen molar-refractivity contribution in [3.05, 3.63) is 50.6 Å². The lowest BCUT2D eigenvalue weighted by atomic mass is 10.1. The Bertz CT molecular complexity index is 1680. The number of hydrogen-bond acceptors (Lipinski definition) is 13. The van der Waals surface area contributed by atoms with Crippen LogP contribution in [-0.4, -0.2) is 46.0 Å². The summed E-state index contributed by atoms with van der Waals surface area (Å²) in [4.78, 5) is 18.0. The van der Waals surface area contributed by atoms with E-state index in [1.54, 1.807) is 0 Å². The molecule has 0 aliphatic heterocycles. The first-order valence-electron chi connectivity index (χ1n) is 8.64. The fourth-order valence-corrected chi connectivity index (χ4v) is 4.16.